The molecular weight excluding hydrogens is 456 g/mol. The monoisotopic (exact) mass is 488 g/mol. The second-order valence-corrected chi connectivity index (χ2v) is 9.50. The second-order valence-electron chi connectivity index (χ2n) is 8.38. The number of carboxylic acids is 1. The molecule has 3 rings (SSSR count). The van der Waals surface area contributed by atoms with Crippen molar-refractivity contribution in [2.24, 2.45) is 0 Å². The Morgan fingerprint density at radius 3 is 2.50 bits per heavy atom. The smallest absolute Gasteiger partial charge is 0.394 e. The maximum absolute atomic E-state index is 11.7. The number of amides is 1. The van der Waals surface area contributed by atoms with Gasteiger partial charge < -0.3 is 25.5 Å². The number of thioether (sulfide) groups is 1. The molecule has 0 aromatic heterocycles. The summed E-state index contributed by atoms with van der Waals surface area (Å²) in [5.41, 5.74) is 0.394. The molecule has 1 amide bonds. The van der Waals surface area contributed by atoms with Gasteiger partial charge >= 0.3 is 11.9 Å². The van der Waals surface area contributed by atoms with Crippen molar-refractivity contribution >= 4 is 23.6 Å². The van der Waals surface area contributed by atoms with Gasteiger partial charge in [0, 0.05) is 17.0 Å². The highest BCUT2D eigenvalue weighted by molar-refractivity contribution is 7.99. The molecule has 0 saturated carbocycles. The number of benzene rings is 2. The normalized spacial score (nSPS) is 22.5. The van der Waals surface area contributed by atoms with Crippen LogP contribution >= 0.6 is 11.8 Å². The zero-order valence-corrected chi connectivity index (χ0v) is 20.5. The van der Waals surface area contributed by atoms with Crippen molar-refractivity contribution in [1.82, 2.24) is 10.4 Å². The number of fused-ring (bicyclic) bond motifs is 1. The molecule has 0 saturated heterocycles. The Morgan fingerprint density at radius 1 is 1.21 bits per heavy atom. The third-order valence-corrected chi connectivity index (χ3v) is 7.70. The Morgan fingerprint density at radius 2 is 1.91 bits per heavy atom. The number of nitrogens with zero attached hydrogens (tertiary/aromatic N) is 1. The van der Waals surface area contributed by atoms with E-state index in [4.69, 9.17) is 9.84 Å². The number of aliphatic hydroxyl groups excluding tert-OH is 1. The van der Waals surface area contributed by atoms with E-state index in [-0.39, 0.29) is 6.54 Å². The number of hydrogen-bond donors (Lipinski definition) is 4. The number of carboxylic acid groups (broad SMARTS) is 1. The van der Waals surface area contributed by atoms with E-state index >= 15 is 0 Å². The topological polar surface area (TPSA) is 119 Å². The van der Waals surface area contributed by atoms with Crippen LogP contribution in [0.1, 0.15) is 62.3 Å². The van der Waals surface area contributed by atoms with E-state index in [1.165, 1.54) is 23.9 Å². The van der Waals surface area contributed by atoms with Gasteiger partial charge in [0.15, 0.2) is 0 Å². The molecule has 0 spiro atoms. The summed E-state index contributed by atoms with van der Waals surface area (Å²) >= 11 is 1.26. The maximum Gasteiger partial charge on any atom is 0.394 e. The fraction of sp³-hybridized carbons (Fsp3) is 0.440. The van der Waals surface area contributed by atoms with E-state index in [9.17, 15) is 19.9 Å². The molecule has 8 nitrogen and oxygen atoms in total. The van der Waals surface area contributed by atoms with E-state index in [2.05, 4.69) is 12.2 Å². The zero-order chi connectivity index (χ0) is 24.9. The molecule has 1 aliphatic heterocycles. The van der Waals surface area contributed by atoms with Crippen LogP contribution in [0.2, 0.25) is 0 Å². The van der Waals surface area contributed by atoms with E-state index < -0.39 is 28.9 Å². The van der Waals surface area contributed by atoms with E-state index in [1.54, 1.807) is 12.1 Å². The first-order valence-corrected chi connectivity index (χ1v) is 12.3. The van der Waals surface area contributed by atoms with Crippen molar-refractivity contribution in [2.75, 3.05) is 7.11 Å². The number of aliphatic carboxylic acids is 1. The minimum atomic E-state index is -1.57. The number of methoxy groups -OCH3 is 1. The molecule has 34 heavy (non-hydrogen) atoms. The van der Waals surface area contributed by atoms with Crippen LogP contribution in [0, 0.1) is 0 Å². The van der Waals surface area contributed by atoms with Gasteiger partial charge in [-0.3, -0.25) is 4.79 Å². The lowest BCUT2D eigenvalue weighted by Crippen LogP contribution is -2.54. The molecule has 0 aliphatic carbocycles. The summed E-state index contributed by atoms with van der Waals surface area (Å²) in [6, 6.07) is 12.6. The molecule has 4 N–H and O–H groups in total. The number of nitrogens with one attached hydrogen (secondary N) is 1. The minimum Gasteiger partial charge on any atom is -0.496 e. The molecule has 3 atom stereocenters. The standard InChI is InChI=1S/C25H32N2O6S/c1-4-6-12-25(5-2)24(31)34-20-13-17(15-26-22(28)23(29)30)19(33-3)14-18(20)21(27(25)32)16-10-8-7-9-11-16/h7-11,13-14,21,24,31-32H,4-6,12,15H2,1-3H3,(H,26,28)(H,29,30)/t21-,24?,25-/m1/s1. The summed E-state index contributed by atoms with van der Waals surface area (Å²) in [6.07, 6.45) is 2.92. The van der Waals surface area contributed by atoms with Gasteiger partial charge in [0.05, 0.1) is 18.7 Å². The van der Waals surface area contributed by atoms with Crippen molar-refractivity contribution in [3.05, 3.63) is 59.2 Å². The number of hydrogen-bond acceptors (Lipinski definition) is 7. The van der Waals surface area contributed by atoms with Crippen LogP contribution in [0.3, 0.4) is 0 Å². The molecule has 0 bridgehead atoms. The lowest BCUT2D eigenvalue weighted by atomic mass is 9.86. The summed E-state index contributed by atoms with van der Waals surface area (Å²) in [4.78, 5) is 23.2. The van der Waals surface area contributed by atoms with Crippen LogP contribution in [-0.4, -0.2) is 50.4 Å². The Hall–Kier alpha value is -2.59. The number of carbonyl (C=O) groups is 2. The molecule has 0 radical (unpaired) electrons. The first kappa shape index (κ1) is 26.0. The number of carbonyl (C=O) groups excluding carboxylic acids is 1. The average Bonchev–Trinajstić information content (AvgIpc) is 2.92. The van der Waals surface area contributed by atoms with Crippen molar-refractivity contribution in [2.45, 2.75) is 68.0 Å². The van der Waals surface area contributed by atoms with Gasteiger partial charge in [-0.05, 0) is 36.1 Å². The fourth-order valence-electron chi connectivity index (χ4n) is 4.44. The molecule has 2 aromatic carbocycles. The van der Waals surface area contributed by atoms with Crippen molar-refractivity contribution in [1.29, 1.82) is 0 Å². The van der Waals surface area contributed by atoms with E-state index in [0.29, 0.717) is 24.2 Å². The Balaban J connectivity index is 2.16. The van der Waals surface area contributed by atoms with Gasteiger partial charge in [-0.2, -0.15) is 5.06 Å². The molecule has 1 heterocycles. The first-order valence-electron chi connectivity index (χ1n) is 11.4. The van der Waals surface area contributed by atoms with Crippen LogP contribution < -0.4 is 10.1 Å². The highest BCUT2D eigenvalue weighted by Gasteiger charge is 2.48. The Kier molecular flexibility index (Phi) is 8.59. The van der Waals surface area contributed by atoms with Crippen LogP contribution in [0.25, 0.3) is 0 Å². The maximum atomic E-state index is 11.7. The van der Waals surface area contributed by atoms with Gasteiger partial charge in [-0.15, -0.1) is 0 Å². The van der Waals surface area contributed by atoms with E-state index in [0.717, 1.165) is 28.9 Å². The van der Waals surface area contributed by atoms with Gasteiger partial charge in [-0.25, -0.2) is 4.79 Å². The van der Waals surface area contributed by atoms with Crippen molar-refractivity contribution in [3.63, 3.8) is 0 Å². The van der Waals surface area contributed by atoms with Crippen molar-refractivity contribution < 1.29 is 29.7 Å². The van der Waals surface area contributed by atoms with Crippen LogP contribution in [0.5, 0.6) is 5.75 Å². The van der Waals surface area contributed by atoms with Crippen LogP contribution in [0.15, 0.2) is 47.4 Å². The largest absolute Gasteiger partial charge is 0.496 e. The number of hydroxylamine groups is 2. The quantitative estimate of drug-likeness (QED) is 0.413. The number of aliphatic hydroxyl groups is 1. The lowest BCUT2D eigenvalue weighted by Gasteiger charge is -2.44. The lowest BCUT2D eigenvalue weighted by molar-refractivity contribution is -0.217. The molecule has 184 valence electrons. The molecule has 1 unspecified atom stereocenters. The first-order chi connectivity index (χ1) is 16.3. The number of unbranched alkanes of at least 4 members (excludes halogenated alkanes) is 1. The summed E-state index contributed by atoms with van der Waals surface area (Å²) in [7, 11) is 1.49. The SMILES string of the molecule is CCCC[C@]1(CC)C(O)Sc2cc(CNC(=O)C(=O)O)c(OC)cc2[C@@H](c2ccccc2)N1O. The van der Waals surface area contributed by atoms with Gasteiger partial charge in [-0.1, -0.05) is 68.8 Å². The predicted octanol–water partition coefficient (Wildman–Crippen LogP) is 3.94. The molecule has 1 aliphatic rings. The number of ether oxygens (including phenoxy) is 1. The van der Waals surface area contributed by atoms with Crippen LogP contribution in [-0.2, 0) is 16.1 Å². The van der Waals surface area contributed by atoms with Gasteiger partial charge in [0.2, 0.25) is 0 Å². The average molecular weight is 489 g/mol. The highest BCUT2D eigenvalue weighted by Crippen LogP contribution is 2.50. The summed E-state index contributed by atoms with van der Waals surface area (Å²) in [5, 5.41) is 35.7. The third kappa shape index (κ3) is 5.07. The molecule has 9 heteroatoms. The molecule has 2 aromatic rings. The van der Waals surface area contributed by atoms with E-state index in [1.807, 2.05) is 37.3 Å². The second kappa shape index (κ2) is 11.2. The predicted molar refractivity (Wildman–Crippen MR) is 129 cm³/mol. The Bertz CT molecular complexity index is 1020. The summed E-state index contributed by atoms with van der Waals surface area (Å²) in [5.74, 6) is -2.23. The Labute approximate surface area is 203 Å². The van der Waals surface area contributed by atoms with Crippen molar-refractivity contribution in [3.8, 4) is 5.75 Å². The van der Waals surface area contributed by atoms with Crippen LogP contribution in [0.4, 0.5) is 0 Å². The number of rotatable bonds is 8. The van der Waals surface area contributed by atoms with Gasteiger partial charge in [0.1, 0.15) is 11.2 Å². The highest BCUT2D eigenvalue weighted by atomic mass is 32.2. The summed E-state index contributed by atoms with van der Waals surface area (Å²) < 4.78 is 5.56. The fourth-order valence-corrected chi connectivity index (χ4v) is 5.80. The zero-order valence-electron chi connectivity index (χ0n) is 19.7. The third-order valence-electron chi connectivity index (χ3n) is 6.43. The molecule has 0 fully saturated rings. The summed E-state index contributed by atoms with van der Waals surface area (Å²) in [6.45, 7) is 3.99. The minimum absolute atomic E-state index is 0.0498. The van der Waals surface area contributed by atoms with Gasteiger partial charge in [0.25, 0.3) is 0 Å². The molecular formula is C25H32N2O6S.